The van der Waals surface area contributed by atoms with Crippen molar-refractivity contribution in [2.24, 2.45) is 0 Å². The minimum absolute atomic E-state index is 0.627. The molecular weight excluding hydrogens is 238 g/mol. The third kappa shape index (κ3) is 2.19. The number of hydrogen-bond acceptors (Lipinski definition) is 3. The molecule has 3 rings (SSSR count). The van der Waals surface area contributed by atoms with Crippen molar-refractivity contribution in [3.63, 3.8) is 0 Å². The number of rotatable bonds is 3. The molecule has 0 fully saturated rings. The predicted molar refractivity (Wildman–Crippen MR) is 75.4 cm³/mol. The summed E-state index contributed by atoms with van der Waals surface area (Å²) in [6.07, 6.45) is 0.997. The van der Waals surface area contributed by atoms with Gasteiger partial charge in [0.25, 0.3) is 0 Å². The molecule has 3 nitrogen and oxygen atoms in total. The maximum atomic E-state index is 5.79. The van der Waals surface area contributed by atoms with Crippen molar-refractivity contribution in [2.45, 2.75) is 13.3 Å². The van der Waals surface area contributed by atoms with E-state index < -0.39 is 0 Å². The average Bonchev–Trinajstić information content (AvgIpc) is 2.90. The third-order valence-corrected chi connectivity index (χ3v) is 3.18. The molecule has 96 valence electrons. The zero-order chi connectivity index (χ0) is 13.2. The molecule has 0 atom stereocenters. The maximum Gasteiger partial charge on any atom is 0.227 e. The van der Waals surface area contributed by atoms with Crippen molar-refractivity contribution in [2.75, 3.05) is 7.11 Å². The molecule has 0 aliphatic heterocycles. The molecule has 1 aromatic heterocycles. The summed E-state index contributed by atoms with van der Waals surface area (Å²) in [5, 5.41) is 0. The van der Waals surface area contributed by atoms with Crippen molar-refractivity contribution in [1.29, 1.82) is 0 Å². The number of aryl methyl sites for hydroxylation is 1. The van der Waals surface area contributed by atoms with Crippen molar-refractivity contribution < 1.29 is 9.15 Å². The molecule has 0 unspecified atom stereocenters. The van der Waals surface area contributed by atoms with E-state index in [-0.39, 0.29) is 0 Å². The van der Waals surface area contributed by atoms with Gasteiger partial charge < -0.3 is 9.15 Å². The largest absolute Gasteiger partial charge is 0.497 e. The van der Waals surface area contributed by atoms with E-state index in [1.54, 1.807) is 7.11 Å². The first-order chi connectivity index (χ1) is 9.30. The molecule has 0 saturated carbocycles. The Balaban J connectivity index is 2.09. The molecule has 0 N–H and O–H groups in total. The molecule has 0 radical (unpaired) electrons. The van der Waals surface area contributed by atoms with Crippen LogP contribution in [0, 0.1) is 0 Å². The first-order valence-electron chi connectivity index (χ1n) is 6.34. The van der Waals surface area contributed by atoms with Gasteiger partial charge in [-0.05, 0) is 42.3 Å². The number of fused-ring (bicyclic) bond motifs is 1. The second-order valence-electron chi connectivity index (χ2n) is 4.41. The van der Waals surface area contributed by atoms with Gasteiger partial charge in [0, 0.05) is 5.56 Å². The van der Waals surface area contributed by atoms with Crippen LogP contribution in [0.4, 0.5) is 0 Å². The number of aromatic nitrogens is 1. The van der Waals surface area contributed by atoms with E-state index in [0.717, 1.165) is 28.8 Å². The minimum atomic E-state index is 0.627. The number of ether oxygens (including phenoxy) is 1. The van der Waals surface area contributed by atoms with Crippen LogP contribution in [0.15, 0.2) is 46.9 Å². The van der Waals surface area contributed by atoms with Crippen molar-refractivity contribution in [3.05, 3.63) is 48.0 Å². The highest BCUT2D eigenvalue weighted by molar-refractivity contribution is 5.77. The van der Waals surface area contributed by atoms with Crippen LogP contribution in [0.2, 0.25) is 0 Å². The molecule has 3 heteroatoms. The molecule has 0 aliphatic carbocycles. The Morgan fingerprint density at radius 3 is 2.84 bits per heavy atom. The van der Waals surface area contributed by atoms with Crippen LogP contribution in [0.1, 0.15) is 12.5 Å². The topological polar surface area (TPSA) is 35.3 Å². The summed E-state index contributed by atoms with van der Waals surface area (Å²) in [5.41, 5.74) is 3.90. The number of benzene rings is 2. The maximum absolute atomic E-state index is 5.79. The Morgan fingerprint density at radius 2 is 2.05 bits per heavy atom. The molecule has 19 heavy (non-hydrogen) atoms. The van der Waals surface area contributed by atoms with Gasteiger partial charge in [-0.25, -0.2) is 4.98 Å². The van der Waals surface area contributed by atoms with Gasteiger partial charge in [-0.2, -0.15) is 0 Å². The normalized spacial score (nSPS) is 10.8. The number of methoxy groups -OCH3 is 1. The summed E-state index contributed by atoms with van der Waals surface area (Å²) in [5.74, 6) is 1.43. The van der Waals surface area contributed by atoms with Gasteiger partial charge in [-0.15, -0.1) is 0 Å². The fourth-order valence-electron chi connectivity index (χ4n) is 2.07. The second kappa shape index (κ2) is 4.76. The predicted octanol–water partition coefficient (Wildman–Crippen LogP) is 4.07. The fraction of sp³-hybridized carbons (Fsp3) is 0.188. The highest BCUT2D eigenvalue weighted by Crippen LogP contribution is 2.27. The van der Waals surface area contributed by atoms with Crippen molar-refractivity contribution in [3.8, 4) is 17.2 Å². The monoisotopic (exact) mass is 253 g/mol. The van der Waals surface area contributed by atoms with Crippen LogP contribution in [0.3, 0.4) is 0 Å². The lowest BCUT2D eigenvalue weighted by molar-refractivity contribution is 0.415. The van der Waals surface area contributed by atoms with E-state index in [9.17, 15) is 0 Å². The van der Waals surface area contributed by atoms with Gasteiger partial charge in [0.2, 0.25) is 5.89 Å². The Bertz CT molecular complexity index is 716. The summed E-state index contributed by atoms with van der Waals surface area (Å²) < 4.78 is 11.0. The van der Waals surface area contributed by atoms with Gasteiger partial charge in [-0.3, -0.25) is 0 Å². The minimum Gasteiger partial charge on any atom is -0.497 e. The highest BCUT2D eigenvalue weighted by atomic mass is 16.5. The Hall–Kier alpha value is -2.29. The third-order valence-electron chi connectivity index (χ3n) is 3.18. The van der Waals surface area contributed by atoms with Crippen LogP contribution in [0.25, 0.3) is 22.6 Å². The Morgan fingerprint density at radius 1 is 1.16 bits per heavy atom. The fourth-order valence-corrected chi connectivity index (χ4v) is 2.07. The lowest BCUT2D eigenvalue weighted by atomic mass is 10.1. The van der Waals surface area contributed by atoms with Crippen molar-refractivity contribution >= 4 is 11.1 Å². The van der Waals surface area contributed by atoms with Crippen LogP contribution >= 0.6 is 0 Å². The van der Waals surface area contributed by atoms with Crippen molar-refractivity contribution in [1.82, 2.24) is 4.98 Å². The number of nitrogens with zero attached hydrogens (tertiary/aromatic N) is 1. The first-order valence-corrected chi connectivity index (χ1v) is 6.34. The molecule has 0 spiro atoms. The standard InChI is InChI=1S/C16H15NO2/c1-3-11-7-8-15-14(9-11)17-16(19-15)12-5-4-6-13(10-12)18-2/h4-10H,3H2,1-2H3. The van der Waals surface area contributed by atoms with E-state index >= 15 is 0 Å². The Labute approximate surface area is 111 Å². The molecule has 0 aliphatic rings. The van der Waals surface area contributed by atoms with Gasteiger partial charge in [-0.1, -0.05) is 19.1 Å². The van der Waals surface area contributed by atoms with E-state index in [2.05, 4.69) is 24.0 Å². The molecule has 2 aromatic carbocycles. The Kier molecular flexibility index (Phi) is 2.95. The molecule has 1 heterocycles. The van der Waals surface area contributed by atoms with E-state index in [1.165, 1.54) is 5.56 Å². The molecular formula is C16H15NO2. The average molecular weight is 253 g/mol. The second-order valence-corrected chi connectivity index (χ2v) is 4.41. The van der Waals surface area contributed by atoms with Crippen LogP contribution < -0.4 is 4.74 Å². The zero-order valence-corrected chi connectivity index (χ0v) is 11.0. The van der Waals surface area contributed by atoms with E-state index in [4.69, 9.17) is 9.15 Å². The number of hydrogen-bond donors (Lipinski definition) is 0. The zero-order valence-electron chi connectivity index (χ0n) is 11.0. The summed E-state index contributed by atoms with van der Waals surface area (Å²) >= 11 is 0. The van der Waals surface area contributed by atoms with Crippen LogP contribution in [-0.2, 0) is 6.42 Å². The number of oxazole rings is 1. The van der Waals surface area contributed by atoms with Gasteiger partial charge in [0.15, 0.2) is 5.58 Å². The molecule has 3 aromatic rings. The van der Waals surface area contributed by atoms with Gasteiger partial charge in [0.1, 0.15) is 11.3 Å². The quantitative estimate of drug-likeness (QED) is 0.706. The van der Waals surface area contributed by atoms with Crippen LogP contribution in [-0.4, -0.2) is 12.1 Å². The summed E-state index contributed by atoms with van der Waals surface area (Å²) in [7, 11) is 1.65. The lowest BCUT2D eigenvalue weighted by Crippen LogP contribution is -1.83. The molecule has 0 saturated heterocycles. The van der Waals surface area contributed by atoms with E-state index in [0.29, 0.717) is 5.89 Å². The highest BCUT2D eigenvalue weighted by Gasteiger charge is 2.09. The van der Waals surface area contributed by atoms with E-state index in [1.807, 2.05) is 30.3 Å². The first kappa shape index (κ1) is 11.8. The summed E-state index contributed by atoms with van der Waals surface area (Å²) in [6, 6.07) is 13.8. The molecule has 0 amide bonds. The van der Waals surface area contributed by atoms with Gasteiger partial charge >= 0.3 is 0 Å². The van der Waals surface area contributed by atoms with Gasteiger partial charge in [0.05, 0.1) is 7.11 Å². The smallest absolute Gasteiger partial charge is 0.227 e. The lowest BCUT2D eigenvalue weighted by Gasteiger charge is -2.00. The van der Waals surface area contributed by atoms with Crippen LogP contribution in [0.5, 0.6) is 5.75 Å². The molecule has 0 bridgehead atoms. The SMILES string of the molecule is CCc1ccc2oc(-c3cccc(OC)c3)nc2c1. The summed E-state index contributed by atoms with van der Waals surface area (Å²) in [6.45, 7) is 2.13. The summed E-state index contributed by atoms with van der Waals surface area (Å²) in [4.78, 5) is 4.54.